The fourth-order valence-corrected chi connectivity index (χ4v) is 1.30. The molecule has 1 aromatic rings. The van der Waals surface area contributed by atoms with E-state index in [2.05, 4.69) is 20.7 Å². The summed E-state index contributed by atoms with van der Waals surface area (Å²) < 4.78 is 31.2. The van der Waals surface area contributed by atoms with Gasteiger partial charge in [0.2, 0.25) is 0 Å². The lowest BCUT2D eigenvalue weighted by molar-refractivity contribution is 0.383. The van der Waals surface area contributed by atoms with Crippen LogP contribution in [0.3, 0.4) is 0 Å². The van der Waals surface area contributed by atoms with Gasteiger partial charge in [0.15, 0.2) is 11.6 Å². The number of nitrogens with zero attached hydrogens (tertiary/aromatic N) is 1. The summed E-state index contributed by atoms with van der Waals surface area (Å²) in [6, 6.07) is 2.14. The molecule has 0 atom stereocenters. The maximum absolute atomic E-state index is 13.3. The molecule has 14 heavy (non-hydrogen) atoms. The Morgan fingerprint density at radius 1 is 1.36 bits per heavy atom. The Morgan fingerprint density at radius 2 is 2.00 bits per heavy atom. The Bertz CT molecular complexity index is 333. The summed E-state index contributed by atoms with van der Waals surface area (Å²) in [5.74, 6) is -1.17. The minimum absolute atomic E-state index is 0.0887. The lowest BCUT2D eigenvalue weighted by Gasteiger charge is -2.17. The topological polar surface area (TPSA) is 12.5 Å². The Kier molecular flexibility index (Phi) is 3.69. The third-order valence-corrected chi connectivity index (χ3v) is 2.56. The number of benzene rings is 1. The van der Waals surface area contributed by atoms with Gasteiger partial charge in [-0.3, -0.25) is 0 Å². The first-order valence-corrected chi connectivity index (χ1v) is 5.02. The zero-order chi connectivity index (χ0) is 10.7. The predicted octanol–water partition coefficient (Wildman–Crippen LogP) is 2.76. The quantitative estimate of drug-likeness (QED) is 0.616. The zero-order valence-electron chi connectivity index (χ0n) is 7.85. The molecule has 1 rings (SSSR count). The van der Waals surface area contributed by atoms with Gasteiger partial charge in [0.1, 0.15) is 5.82 Å². The third-order valence-electron chi connectivity index (χ3n) is 1.81. The van der Waals surface area contributed by atoms with Crippen molar-refractivity contribution in [2.45, 2.75) is 0 Å². The van der Waals surface area contributed by atoms with E-state index >= 15 is 0 Å². The van der Waals surface area contributed by atoms with Crippen LogP contribution in [-0.2, 0) is 0 Å². The van der Waals surface area contributed by atoms with E-state index in [1.54, 1.807) is 7.05 Å². The van der Waals surface area contributed by atoms with E-state index in [1.807, 2.05) is 0 Å². The summed E-state index contributed by atoms with van der Waals surface area (Å²) in [7, 11) is 2.95. The molecular weight excluding hydrogens is 256 g/mol. The Hall–Kier alpha value is -0.840. The summed E-state index contributed by atoms with van der Waals surface area (Å²) >= 11 is 3.15. The Balaban J connectivity index is 3.14. The molecule has 5 heteroatoms. The number of hydrogen-bond donors (Lipinski definition) is 0. The molecule has 0 aromatic heterocycles. The largest absolute Gasteiger partial charge is 0.494 e. The lowest BCUT2D eigenvalue weighted by Crippen LogP contribution is -2.15. The molecule has 0 aliphatic rings. The highest BCUT2D eigenvalue weighted by molar-refractivity contribution is 9.09. The number of ether oxygens (including phenoxy) is 1. The van der Waals surface area contributed by atoms with Crippen molar-refractivity contribution in [1.82, 2.24) is 0 Å². The second-order valence-electron chi connectivity index (χ2n) is 2.76. The van der Waals surface area contributed by atoms with Crippen LogP contribution in [0.15, 0.2) is 12.1 Å². The van der Waals surface area contributed by atoms with E-state index in [1.165, 1.54) is 12.0 Å². The van der Waals surface area contributed by atoms with Crippen LogP contribution in [0.2, 0.25) is 0 Å². The smallest absolute Gasteiger partial charge is 0.167 e. The molecule has 0 N–H and O–H groups in total. The molecule has 0 aliphatic carbocycles. The Morgan fingerprint density at radius 3 is 2.50 bits per heavy atom. The third kappa shape index (κ3) is 2.15. The van der Waals surface area contributed by atoms with Gasteiger partial charge >= 0.3 is 0 Å². The minimum Gasteiger partial charge on any atom is -0.494 e. The van der Waals surface area contributed by atoms with Crippen molar-refractivity contribution in [2.24, 2.45) is 0 Å². The summed E-state index contributed by atoms with van der Waals surface area (Å²) in [5, 5.41) is 0. The molecule has 78 valence electrons. The van der Waals surface area contributed by atoms with Gasteiger partial charge in [-0.15, -0.1) is 0 Å². The fraction of sp³-hybridized carbons (Fsp3) is 0.333. The number of methoxy groups -OCH3 is 1. The number of halogens is 3. The van der Waals surface area contributed by atoms with Gasteiger partial charge in [-0.25, -0.2) is 8.78 Å². The molecular formula is C9H10BrF2NO. The highest BCUT2D eigenvalue weighted by Gasteiger charge is 2.12. The van der Waals surface area contributed by atoms with Crippen LogP contribution in [-0.4, -0.2) is 19.6 Å². The first kappa shape index (κ1) is 11.2. The number of alkyl halides is 1. The highest BCUT2D eigenvalue weighted by atomic mass is 79.9. The van der Waals surface area contributed by atoms with Crippen LogP contribution in [0.1, 0.15) is 0 Å². The standard InChI is InChI=1S/C9H10BrF2NO/c1-13(5-10)8-3-7(12)9(14-2)4-6(8)11/h3-4H,5H2,1-2H3. The first-order chi connectivity index (χ1) is 6.60. The van der Waals surface area contributed by atoms with Gasteiger partial charge in [-0.2, -0.15) is 0 Å². The van der Waals surface area contributed by atoms with Gasteiger partial charge in [0.05, 0.1) is 18.3 Å². The van der Waals surface area contributed by atoms with Gasteiger partial charge in [0.25, 0.3) is 0 Å². The zero-order valence-corrected chi connectivity index (χ0v) is 9.44. The molecule has 0 saturated heterocycles. The first-order valence-electron chi connectivity index (χ1n) is 3.90. The second-order valence-corrected chi connectivity index (χ2v) is 3.26. The Labute approximate surface area is 89.6 Å². The number of rotatable bonds is 3. The van der Waals surface area contributed by atoms with Crippen LogP contribution in [0, 0.1) is 11.6 Å². The molecule has 0 saturated carbocycles. The highest BCUT2D eigenvalue weighted by Crippen LogP contribution is 2.26. The molecule has 0 bridgehead atoms. The maximum Gasteiger partial charge on any atom is 0.167 e. The minimum atomic E-state index is -0.572. The van der Waals surface area contributed by atoms with E-state index in [-0.39, 0.29) is 11.4 Å². The molecule has 0 radical (unpaired) electrons. The number of anilines is 1. The van der Waals surface area contributed by atoms with Crippen LogP contribution in [0.25, 0.3) is 0 Å². The van der Waals surface area contributed by atoms with Gasteiger partial charge in [0, 0.05) is 19.2 Å². The van der Waals surface area contributed by atoms with Crippen LogP contribution in [0.4, 0.5) is 14.5 Å². The van der Waals surface area contributed by atoms with Crippen molar-refractivity contribution >= 4 is 21.6 Å². The van der Waals surface area contributed by atoms with E-state index in [0.717, 1.165) is 12.1 Å². The van der Waals surface area contributed by atoms with E-state index in [0.29, 0.717) is 5.45 Å². The molecule has 0 spiro atoms. The molecule has 2 nitrogen and oxygen atoms in total. The molecule has 0 unspecified atom stereocenters. The monoisotopic (exact) mass is 265 g/mol. The second kappa shape index (κ2) is 4.59. The molecule has 0 aliphatic heterocycles. The molecule has 1 aromatic carbocycles. The van der Waals surface area contributed by atoms with Gasteiger partial charge in [-0.05, 0) is 0 Å². The van der Waals surface area contributed by atoms with Crippen molar-refractivity contribution in [3.63, 3.8) is 0 Å². The van der Waals surface area contributed by atoms with Crippen molar-refractivity contribution in [2.75, 3.05) is 24.5 Å². The maximum atomic E-state index is 13.3. The average Bonchev–Trinajstić information content (AvgIpc) is 2.19. The van der Waals surface area contributed by atoms with Crippen molar-refractivity contribution in [3.05, 3.63) is 23.8 Å². The fourth-order valence-electron chi connectivity index (χ4n) is 1.03. The normalized spacial score (nSPS) is 10.1. The lowest BCUT2D eigenvalue weighted by atomic mass is 10.2. The summed E-state index contributed by atoms with van der Waals surface area (Å²) in [6.07, 6.45) is 0. The van der Waals surface area contributed by atoms with Crippen molar-refractivity contribution < 1.29 is 13.5 Å². The van der Waals surface area contributed by atoms with Crippen molar-refractivity contribution in [3.8, 4) is 5.75 Å². The van der Waals surface area contributed by atoms with Gasteiger partial charge < -0.3 is 9.64 Å². The van der Waals surface area contributed by atoms with Gasteiger partial charge in [-0.1, -0.05) is 15.9 Å². The predicted molar refractivity (Wildman–Crippen MR) is 55.1 cm³/mol. The van der Waals surface area contributed by atoms with Crippen LogP contribution >= 0.6 is 15.9 Å². The van der Waals surface area contributed by atoms with Crippen LogP contribution < -0.4 is 9.64 Å². The SMILES string of the molecule is COc1cc(F)c(N(C)CBr)cc1F. The summed E-state index contributed by atoms with van der Waals surface area (Å²) in [6.45, 7) is 0. The number of hydrogen-bond acceptors (Lipinski definition) is 2. The molecule has 0 heterocycles. The summed E-state index contributed by atoms with van der Waals surface area (Å²) in [5.41, 5.74) is 0.621. The average molecular weight is 266 g/mol. The van der Waals surface area contributed by atoms with Crippen molar-refractivity contribution in [1.29, 1.82) is 0 Å². The molecule has 0 amide bonds. The van der Waals surface area contributed by atoms with E-state index in [9.17, 15) is 8.78 Å². The van der Waals surface area contributed by atoms with Crippen LogP contribution in [0.5, 0.6) is 5.75 Å². The van der Waals surface area contributed by atoms with E-state index < -0.39 is 11.6 Å². The van der Waals surface area contributed by atoms with E-state index in [4.69, 9.17) is 0 Å². The molecule has 0 fully saturated rings. The summed E-state index contributed by atoms with van der Waals surface area (Å²) in [4.78, 5) is 1.54.